The number of amides is 1. The lowest BCUT2D eigenvalue weighted by Gasteiger charge is -2.28. The molecule has 0 aromatic heterocycles. The molecule has 0 radical (unpaired) electrons. The van der Waals surface area contributed by atoms with Crippen molar-refractivity contribution >= 4 is 28.1 Å². The van der Waals surface area contributed by atoms with Crippen molar-refractivity contribution in [3.05, 3.63) is 69.7 Å². The van der Waals surface area contributed by atoms with Crippen molar-refractivity contribution in [2.75, 3.05) is 13.1 Å². The Balaban J connectivity index is 1.43. The first-order valence-electron chi connectivity index (χ1n) is 9.08. The molecule has 3 rings (SSSR count). The lowest BCUT2D eigenvalue weighted by molar-refractivity contribution is -0.919. The van der Waals surface area contributed by atoms with E-state index >= 15 is 0 Å². The summed E-state index contributed by atoms with van der Waals surface area (Å²) in [6.45, 7) is 5.12. The van der Waals surface area contributed by atoms with Crippen molar-refractivity contribution in [2.45, 2.75) is 26.3 Å². The summed E-state index contributed by atoms with van der Waals surface area (Å²) >= 11 is 3.47. The topological polar surface area (TPSA) is 45.9 Å². The highest BCUT2D eigenvalue weighted by Gasteiger charge is 2.27. The van der Waals surface area contributed by atoms with E-state index in [9.17, 15) is 4.79 Å². The maximum atomic E-state index is 12.3. The van der Waals surface area contributed by atoms with Gasteiger partial charge in [-0.05, 0) is 24.6 Å². The molecule has 1 aliphatic rings. The highest BCUT2D eigenvalue weighted by Crippen LogP contribution is 2.12. The molecule has 1 fully saturated rings. The Morgan fingerprint density at radius 1 is 1.15 bits per heavy atom. The number of benzene rings is 2. The van der Waals surface area contributed by atoms with Gasteiger partial charge in [-0.15, -0.1) is 0 Å². The molecule has 0 spiro atoms. The monoisotopic (exact) mass is 414 g/mol. The van der Waals surface area contributed by atoms with E-state index in [0.717, 1.165) is 42.5 Å². The molecule has 26 heavy (non-hydrogen) atoms. The molecule has 2 N–H and O–H groups in total. The maximum Gasteiger partial charge on any atom is 0.243 e. The molecule has 1 amide bonds. The van der Waals surface area contributed by atoms with Gasteiger partial charge in [0.1, 0.15) is 6.54 Å². The third-order valence-corrected chi connectivity index (χ3v) is 5.43. The van der Waals surface area contributed by atoms with E-state index in [4.69, 9.17) is 0 Å². The van der Waals surface area contributed by atoms with Crippen LogP contribution < -0.4 is 10.3 Å². The van der Waals surface area contributed by atoms with Gasteiger partial charge in [0.15, 0.2) is 0 Å². The minimum atomic E-state index is 0.0380. The van der Waals surface area contributed by atoms with Gasteiger partial charge in [-0.1, -0.05) is 57.9 Å². The summed E-state index contributed by atoms with van der Waals surface area (Å²) in [6.07, 6.45) is 3.53. The lowest BCUT2D eigenvalue weighted by Crippen LogP contribution is -3.11. The summed E-state index contributed by atoms with van der Waals surface area (Å²) in [6, 6.07) is 16.6. The normalized spacial score (nSPS) is 20.2. The molecule has 5 heteroatoms. The summed E-state index contributed by atoms with van der Waals surface area (Å²) in [5.41, 5.74) is 6.25. The zero-order chi connectivity index (χ0) is 18.4. The van der Waals surface area contributed by atoms with Gasteiger partial charge in [0.05, 0.1) is 25.2 Å². The molecule has 0 atom stereocenters. The summed E-state index contributed by atoms with van der Waals surface area (Å²) in [5, 5.41) is 4.11. The molecular formula is C21H25BrN3O+. The Morgan fingerprint density at radius 3 is 2.46 bits per heavy atom. The maximum absolute atomic E-state index is 12.3. The van der Waals surface area contributed by atoms with Crippen LogP contribution in [-0.4, -0.2) is 25.2 Å². The van der Waals surface area contributed by atoms with E-state index < -0.39 is 0 Å². The Hall–Kier alpha value is -1.98. The summed E-state index contributed by atoms with van der Waals surface area (Å²) in [7, 11) is 0. The van der Waals surface area contributed by atoms with Gasteiger partial charge in [-0.2, -0.15) is 5.10 Å². The van der Waals surface area contributed by atoms with Crippen molar-refractivity contribution < 1.29 is 9.69 Å². The van der Waals surface area contributed by atoms with Crippen molar-refractivity contribution in [1.29, 1.82) is 0 Å². The molecule has 1 heterocycles. The van der Waals surface area contributed by atoms with Crippen LogP contribution in [0, 0.1) is 12.8 Å². The number of carbonyl (C=O) groups is 1. The van der Waals surface area contributed by atoms with E-state index in [2.05, 4.69) is 50.7 Å². The zero-order valence-corrected chi connectivity index (χ0v) is 16.6. The summed E-state index contributed by atoms with van der Waals surface area (Å²) in [4.78, 5) is 13.8. The van der Waals surface area contributed by atoms with E-state index in [1.54, 1.807) is 11.1 Å². The van der Waals surface area contributed by atoms with E-state index in [0.29, 0.717) is 0 Å². The largest absolute Gasteiger partial charge is 0.331 e. The van der Waals surface area contributed by atoms with Crippen LogP contribution >= 0.6 is 15.9 Å². The van der Waals surface area contributed by atoms with E-state index in [-0.39, 0.29) is 11.8 Å². The Bertz CT molecular complexity index is 748. The number of quaternary nitrogens is 1. The van der Waals surface area contributed by atoms with Crippen LogP contribution in [0.2, 0.25) is 0 Å². The van der Waals surface area contributed by atoms with Gasteiger partial charge in [-0.3, -0.25) is 4.79 Å². The molecule has 0 bridgehead atoms. The number of likely N-dealkylation sites (tertiary alicyclic amines) is 1. The Morgan fingerprint density at radius 2 is 1.81 bits per heavy atom. The smallest absolute Gasteiger partial charge is 0.243 e. The van der Waals surface area contributed by atoms with Crippen molar-refractivity contribution in [3.63, 3.8) is 0 Å². The quantitative estimate of drug-likeness (QED) is 0.573. The molecule has 136 valence electrons. The molecule has 1 saturated heterocycles. The zero-order valence-electron chi connectivity index (χ0n) is 15.0. The molecule has 0 aliphatic carbocycles. The Labute approximate surface area is 163 Å². The number of nitrogens with one attached hydrogen (secondary N) is 2. The Kier molecular flexibility index (Phi) is 6.58. The van der Waals surface area contributed by atoms with Crippen LogP contribution in [0.4, 0.5) is 0 Å². The van der Waals surface area contributed by atoms with E-state index in [1.807, 2.05) is 31.2 Å². The van der Waals surface area contributed by atoms with Crippen molar-refractivity contribution in [1.82, 2.24) is 5.43 Å². The molecule has 1 aliphatic heterocycles. The predicted octanol–water partition coefficient (Wildman–Crippen LogP) is 2.70. The summed E-state index contributed by atoms with van der Waals surface area (Å²) in [5.74, 6) is 0.106. The number of hydrogen-bond donors (Lipinski definition) is 2. The number of hydrogen-bond acceptors (Lipinski definition) is 2. The average Bonchev–Trinajstić information content (AvgIpc) is 2.66. The number of aryl methyl sites for hydroxylation is 1. The van der Waals surface area contributed by atoms with Crippen molar-refractivity contribution in [2.24, 2.45) is 11.0 Å². The first-order chi connectivity index (χ1) is 12.6. The van der Waals surface area contributed by atoms with Gasteiger partial charge < -0.3 is 4.90 Å². The summed E-state index contributed by atoms with van der Waals surface area (Å²) < 4.78 is 1.11. The van der Waals surface area contributed by atoms with Crippen LogP contribution in [0.3, 0.4) is 0 Å². The second-order valence-corrected chi connectivity index (χ2v) is 7.89. The fourth-order valence-corrected chi connectivity index (χ4v) is 3.53. The van der Waals surface area contributed by atoms with Crippen LogP contribution in [0.1, 0.15) is 29.5 Å². The van der Waals surface area contributed by atoms with E-state index in [1.165, 1.54) is 11.1 Å². The molecule has 4 nitrogen and oxygen atoms in total. The second-order valence-electron chi connectivity index (χ2n) is 6.97. The number of hydrazone groups is 1. The molecule has 2 aromatic rings. The van der Waals surface area contributed by atoms with Gasteiger partial charge in [-0.25, -0.2) is 5.43 Å². The highest BCUT2D eigenvalue weighted by molar-refractivity contribution is 9.10. The van der Waals surface area contributed by atoms with Crippen LogP contribution in [0.25, 0.3) is 0 Å². The fraction of sp³-hybridized carbons (Fsp3) is 0.333. The van der Waals surface area contributed by atoms with Gasteiger partial charge in [0.2, 0.25) is 5.91 Å². The number of rotatable bonds is 5. The first kappa shape index (κ1) is 18.8. The fourth-order valence-electron chi connectivity index (χ4n) is 3.27. The number of nitrogens with zero attached hydrogens (tertiary/aromatic N) is 1. The highest BCUT2D eigenvalue weighted by atomic mass is 79.9. The van der Waals surface area contributed by atoms with Gasteiger partial charge >= 0.3 is 0 Å². The molecule has 2 aromatic carbocycles. The number of halogens is 1. The SMILES string of the molecule is Cc1ccc(/C=N\NC(=O)C2CC[NH+](Cc3ccc(Br)cc3)CC2)cc1. The van der Waals surface area contributed by atoms with Crippen LogP contribution in [0.15, 0.2) is 58.1 Å². The van der Waals surface area contributed by atoms with Crippen molar-refractivity contribution in [3.8, 4) is 0 Å². The standard InChI is InChI=1S/C21H24BrN3O/c1-16-2-4-17(5-3-16)14-23-24-21(26)19-10-12-25(13-11-19)15-18-6-8-20(22)9-7-18/h2-9,14,19H,10-13,15H2,1H3,(H,24,26)/p+1/b23-14-. The lowest BCUT2D eigenvalue weighted by atomic mass is 9.96. The molecular weight excluding hydrogens is 390 g/mol. The minimum Gasteiger partial charge on any atom is -0.331 e. The third kappa shape index (κ3) is 5.51. The second kappa shape index (κ2) is 9.10. The van der Waals surface area contributed by atoms with Crippen LogP contribution in [0.5, 0.6) is 0 Å². The predicted molar refractivity (Wildman–Crippen MR) is 108 cm³/mol. The first-order valence-corrected chi connectivity index (χ1v) is 9.87. The molecule has 0 unspecified atom stereocenters. The van der Waals surface area contributed by atoms with Crippen LogP contribution in [-0.2, 0) is 11.3 Å². The number of carbonyl (C=O) groups excluding carboxylic acids is 1. The third-order valence-electron chi connectivity index (χ3n) is 4.90. The average molecular weight is 415 g/mol. The van der Waals surface area contributed by atoms with Gasteiger partial charge in [0.25, 0.3) is 0 Å². The molecule has 0 saturated carbocycles. The van der Waals surface area contributed by atoms with Gasteiger partial charge in [0, 0.05) is 22.9 Å². The number of piperidine rings is 1. The minimum absolute atomic E-state index is 0.0380.